The Bertz CT molecular complexity index is 739. The molecule has 0 atom stereocenters. The van der Waals surface area contributed by atoms with E-state index in [0.29, 0.717) is 25.5 Å². The normalized spacial score (nSPS) is 11.1. The summed E-state index contributed by atoms with van der Waals surface area (Å²) in [4.78, 5) is 4.12. The fourth-order valence-corrected chi connectivity index (χ4v) is 2.68. The van der Waals surface area contributed by atoms with E-state index in [2.05, 4.69) is 18.8 Å². The summed E-state index contributed by atoms with van der Waals surface area (Å²) >= 11 is -0.931. The Hall–Kier alpha value is -0.907. The van der Waals surface area contributed by atoms with E-state index >= 15 is 0 Å². The number of hydrogen-bond donors (Lipinski definition) is 0. The van der Waals surface area contributed by atoms with Crippen molar-refractivity contribution in [3.63, 3.8) is 0 Å². The molecule has 0 fully saturated rings. The van der Waals surface area contributed by atoms with Gasteiger partial charge in [0.25, 0.3) is 0 Å². The summed E-state index contributed by atoms with van der Waals surface area (Å²) in [6, 6.07) is 9.97. The molecular weight excluding hydrogens is 441 g/mol. The summed E-state index contributed by atoms with van der Waals surface area (Å²) in [5.74, 6) is -0.259. The zero-order valence-electron chi connectivity index (χ0n) is 15.7. The van der Waals surface area contributed by atoms with Gasteiger partial charge in [0.15, 0.2) is 5.76 Å². The standard InChI is InChI=1S/C19H24N2O3.2ClH.Zn/c1-3-11-22-19(23-12-4-2,14-21-10-9-20-15-21)18-13-16-7-5-6-8-17(16)24-18;;;/h5-10,13,15H,3-4,11-12,14H2,1-2H3;2*1H;/q;;;+2/p-2. The van der Waals surface area contributed by atoms with Crippen molar-refractivity contribution in [1.29, 1.82) is 0 Å². The van der Waals surface area contributed by atoms with Gasteiger partial charge in [-0.2, -0.15) is 0 Å². The van der Waals surface area contributed by atoms with Crippen LogP contribution in [0.25, 0.3) is 11.0 Å². The maximum absolute atomic E-state index is 6.21. The minimum absolute atomic E-state index is 0.493. The van der Waals surface area contributed by atoms with Crippen molar-refractivity contribution in [3.05, 3.63) is 54.8 Å². The molecule has 0 aliphatic heterocycles. The Morgan fingerprint density at radius 2 is 1.81 bits per heavy atom. The third-order valence-electron chi connectivity index (χ3n) is 3.83. The zero-order chi connectivity index (χ0) is 19.5. The van der Waals surface area contributed by atoms with Crippen LogP contribution in [-0.4, -0.2) is 22.8 Å². The van der Waals surface area contributed by atoms with E-state index < -0.39 is 20.9 Å². The molecule has 0 aliphatic rings. The second-order valence-corrected chi connectivity index (χ2v) is 10.6. The van der Waals surface area contributed by atoms with Gasteiger partial charge in [-0.25, -0.2) is 4.98 Å². The maximum atomic E-state index is 6.21. The van der Waals surface area contributed by atoms with E-state index in [4.69, 9.17) is 33.3 Å². The summed E-state index contributed by atoms with van der Waals surface area (Å²) in [5.41, 5.74) is 0.836. The molecule has 0 spiro atoms. The Balaban J connectivity index is 0.000000817. The number of imidazole rings is 1. The van der Waals surface area contributed by atoms with Crippen LogP contribution in [0, 0.1) is 0 Å². The first kappa shape index (κ1) is 22.4. The van der Waals surface area contributed by atoms with Crippen LogP contribution in [0.4, 0.5) is 0 Å². The summed E-state index contributed by atoms with van der Waals surface area (Å²) in [7, 11) is 9.90. The molecule has 3 rings (SSSR count). The van der Waals surface area contributed by atoms with Crippen LogP contribution >= 0.6 is 19.4 Å². The van der Waals surface area contributed by atoms with E-state index in [9.17, 15) is 0 Å². The predicted molar refractivity (Wildman–Crippen MR) is 104 cm³/mol. The number of ether oxygens (including phenoxy) is 2. The van der Waals surface area contributed by atoms with Crippen molar-refractivity contribution in [2.75, 3.05) is 13.2 Å². The van der Waals surface area contributed by atoms with E-state index in [1.54, 1.807) is 12.5 Å². The molecule has 0 unspecified atom stereocenters. The quantitative estimate of drug-likeness (QED) is 0.300. The second-order valence-electron chi connectivity index (χ2n) is 5.93. The van der Waals surface area contributed by atoms with Crippen molar-refractivity contribution in [2.24, 2.45) is 0 Å². The minimum atomic E-state index is -0.953. The zero-order valence-corrected chi connectivity index (χ0v) is 20.2. The molecule has 0 amide bonds. The number of para-hydroxylation sites is 1. The van der Waals surface area contributed by atoms with Crippen LogP contribution in [0.15, 0.2) is 53.5 Å². The summed E-state index contributed by atoms with van der Waals surface area (Å²) in [5, 5.41) is 1.04. The Kier molecular flexibility index (Phi) is 9.81. The first-order valence-corrected chi connectivity index (χ1v) is 16.8. The number of furan rings is 1. The van der Waals surface area contributed by atoms with E-state index in [0.717, 1.165) is 23.8 Å². The number of fused-ring (bicyclic) bond motifs is 1. The topological polar surface area (TPSA) is 49.4 Å². The van der Waals surface area contributed by atoms with Gasteiger partial charge in [0, 0.05) is 17.8 Å². The van der Waals surface area contributed by atoms with Crippen molar-refractivity contribution in [3.8, 4) is 0 Å². The van der Waals surface area contributed by atoms with E-state index in [1.807, 2.05) is 41.1 Å². The Morgan fingerprint density at radius 3 is 2.37 bits per heavy atom. The molecule has 0 N–H and O–H groups in total. The molecule has 1 aromatic carbocycles. The molecule has 5 nitrogen and oxygen atoms in total. The third kappa shape index (κ3) is 6.30. The van der Waals surface area contributed by atoms with Gasteiger partial charge in [0.05, 0.1) is 26.1 Å². The Labute approximate surface area is 175 Å². The number of hydrogen-bond acceptors (Lipinski definition) is 4. The molecule has 0 saturated heterocycles. The van der Waals surface area contributed by atoms with Crippen LogP contribution in [0.2, 0.25) is 0 Å². The van der Waals surface area contributed by atoms with Crippen LogP contribution < -0.4 is 0 Å². The monoisotopic (exact) mass is 462 g/mol. The predicted octanol–water partition coefficient (Wildman–Crippen LogP) is 5.71. The van der Waals surface area contributed by atoms with Crippen molar-refractivity contribution in [1.82, 2.24) is 9.55 Å². The molecular formula is C19H24Cl2N2O3Zn. The molecule has 8 heteroatoms. The van der Waals surface area contributed by atoms with Gasteiger partial charge in [-0.3, -0.25) is 0 Å². The number of nitrogens with zero attached hydrogens (tertiary/aromatic N) is 2. The average Bonchev–Trinajstić information content (AvgIpc) is 3.34. The second kappa shape index (κ2) is 11.8. The van der Waals surface area contributed by atoms with Crippen LogP contribution in [0.3, 0.4) is 0 Å². The van der Waals surface area contributed by atoms with Gasteiger partial charge in [0.1, 0.15) is 5.58 Å². The summed E-state index contributed by atoms with van der Waals surface area (Å²) in [6.45, 7) is 5.85. The first-order chi connectivity index (χ1) is 13.2. The molecule has 2 aromatic heterocycles. The SMILES string of the molecule is CCCOC(Cn1ccnc1)(OCCC)c1cc2ccccc2o1.[Cl][Zn][Cl]. The van der Waals surface area contributed by atoms with Crippen molar-refractivity contribution in [2.45, 2.75) is 39.0 Å². The van der Waals surface area contributed by atoms with Gasteiger partial charge in [-0.15, -0.1) is 0 Å². The van der Waals surface area contributed by atoms with Gasteiger partial charge in [0.2, 0.25) is 5.79 Å². The molecule has 0 radical (unpaired) electrons. The first-order valence-electron chi connectivity index (χ1n) is 9.03. The summed E-state index contributed by atoms with van der Waals surface area (Å²) < 4.78 is 20.5. The van der Waals surface area contributed by atoms with Gasteiger partial charge in [-0.1, -0.05) is 32.0 Å². The van der Waals surface area contributed by atoms with Crippen molar-refractivity contribution < 1.29 is 29.0 Å². The van der Waals surface area contributed by atoms with Crippen LogP contribution in [0.5, 0.6) is 0 Å². The molecule has 0 bridgehead atoms. The van der Waals surface area contributed by atoms with Crippen LogP contribution in [0.1, 0.15) is 32.4 Å². The van der Waals surface area contributed by atoms with Crippen molar-refractivity contribution >= 4 is 30.4 Å². The number of aromatic nitrogens is 2. The number of halogens is 2. The third-order valence-corrected chi connectivity index (χ3v) is 3.83. The Morgan fingerprint density at radius 1 is 1.15 bits per heavy atom. The van der Waals surface area contributed by atoms with Gasteiger partial charge in [-0.05, 0) is 25.0 Å². The van der Waals surface area contributed by atoms with E-state index in [1.165, 1.54) is 0 Å². The molecule has 0 saturated carbocycles. The molecule has 3 aromatic rings. The molecule has 0 aliphatic carbocycles. The summed E-state index contributed by atoms with van der Waals surface area (Å²) in [6.07, 6.45) is 7.23. The number of benzene rings is 1. The van der Waals surface area contributed by atoms with E-state index in [-0.39, 0.29) is 0 Å². The van der Waals surface area contributed by atoms with Crippen LogP contribution in [-0.2, 0) is 37.0 Å². The molecule has 27 heavy (non-hydrogen) atoms. The fraction of sp³-hybridized carbons (Fsp3) is 0.421. The fourth-order valence-electron chi connectivity index (χ4n) is 2.68. The molecule has 144 valence electrons. The number of rotatable bonds is 9. The molecule has 2 heterocycles. The van der Waals surface area contributed by atoms with Gasteiger partial charge >= 0.3 is 34.5 Å². The average molecular weight is 465 g/mol. The van der Waals surface area contributed by atoms with Gasteiger partial charge < -0.3 is 18.5 Å².